The van der Waals surface area contributed by atoms with E-state index in [1.165, 1.54) is 45.2 Å². The summed E-state index contributed by atoms with van der Waals surface area (Å²) in [5, 5.41) is 20.1. The van der Waals surface area contributed by atoms with Crippen molar-refractivity contribution >= 4 is 17.4 Å². The molecule has 0 atom stereocenters. The summed E-state index contributed by atoms with van der Waals surface area (Å²) in [7, 11) is 4.61. The summed E-state index contributed by atoms with van der Waals surface area (Å²) in [4.78, 5) is 10.5. The number of non-ortho nitro benzene ring substituents is 1. The van der Waals surface area contributed by atoms with E-state index in [0.29, 0.717) is 39.5 Å². The van der Waals surface area contributed by atoms with Crippen LogP contribution in [-0.2, 0) is 0 Å². The Labute approximate surface area is 165 Å². The van der Waals surface area contributed by atoms with Gasteiger partial charge in [-0.15, -0.1) is 10.2 Å². The van der Waals surface area contributed by atoms with Gasteiger partial charge in [0.2, 0.25) is 5.75 Å². The molecule has 2 aromatic carbocycles. The van der Waals surface area contributed by atoms with Gasteiger partial charge in [0.25, 0.3) is 5.69 Å². The molecule has 0 amide bonds. The number of benzene rings is 2. The van der Waals surface area contributed by atoms with Gasteiger partial charge in [-0.05, 0) is 30.5 Å². The highest BCUT2D eigenvalue weighted by Gasteiger charge is 2.20. The second-order valence-corrected chi connectivity index (χ2v) is 6.31. The first-order valence-electron chi connectivity index (χ1n) is 8.08. The number of aromatic nitrogens is 3. The van der Waals surface area contributed by atoms with E-state index in [1.807, 2.05) is 10.8 Å². The normalized spacial score (nSPS) is 10.6. The monoisotopic (exact) mass is 402 g/mol. The minimum atomic E-state index is -0.439. The minimum Gasteiger partial charge on any atom is -0.493 e. The Balaban J connectivity index is 2.19. The Bertz CT molecular complexity index is 979. The Morgan fingerprint density at radius 3 is 2.07 bits per heavy atom. The van der Waals surface area contributed by atoms with Crippen LogP contribution >= 0.6 is 11.8 Å². The average Bonchev–Trinajstić information content (AvgIpc) is 3.16. The summed E-state index contributed by atoms with van der Waals surface area (Å²) >= 11 is 1.41. The van der Waals surface area contributed by atoms with E-state index in [4.69, 9.17) is 14.2 Å². The van der Waals surface area contributed by atoms with Crippen molar-refractivity contribution in [3.05, 3.63) is 46.5 Å². The molecule has 0 aliphatic heterocycles. The highest BCUT2D eigenvalue weighted by Crippen LogP contribution is 2.41. The SMILES string of the molecule is COc1cc(-c2nnc(SC)n2-c2ccc([N+](=O)[O-])cc2)cc(OC)c1OC. The number of hydrogen-bond acceptors (Lipinski definition) is 8. The Hall–Kier alpha value is -3.27. The number of nitro benzene ring substituents is 1. The van der Waals surface area contributed by atoms with Crippen LogP contribution < -0.4 is 14.2 Å². The van der Waals surface area contributed by atoms with E-state index in [-0.39, 0.29) is 5.69 Å². The van der Waals surface area contributed by atoms with E-state index in [2.05, 4.69) is 10.2 Å². The fraction of sp³-hybridized carbons (Fsp3) is 0.222. The third-order valence-electron chi connectivity index (χ3n) is 4.06. The smallest absolute Gasteiger partial charge is 0.269 e. The third kappa shape index (κ3) is 3.46. The van der Waals surface area contributed by atoms with Crippen LogP contribution in [0.5, 0.6) is 17.2 Å². The number of nitrogens with zero attached hydrogens (tertiary/aromatic N) is 4. The minimum absolute atomic E-state index is 0.0110. The lowest BCUT2D eigenvalue weighted by Crippen LogP contribution is -2.01. The number of hydrogen-bond donors (Lipinski definition) is 0. The highest BCUT2D eigenvalue weighted by molar-refractivity contribution is 7.98. The van der Waals surface area contributed by atoms with Gasteiger partial charge >= 0.3 is 0 Å². The van der Waals surface area contributed by atoms with Crippen LogP contribution in [0.25, 0.3) is 17.1 Å². The molecule has 0 bridgehead atoms. The molecule has 0 N–H and O–H groups in total. The summed E-state index contributed by atoms with van der Waals surface area (Å²) in [5.41, 5.74) is 1.40. The zero-order valence-electron chi connectivity index (χ0n) is 15.7. The van der Waals surface area contributed by atoms with Gasteiger partial charge in [0.15, 0.2) is 22.5 Å². The summed E-state index contributed by atoms with van der Waals surface area (Å²) in [6, 6.07) is 9.75. The molecule has 10 heteroatoms. The molecule has 1 aromatic heterocycles. The number of rotatable bonds is 7. The zero-order valence-corrected chi connectivity index (χ0v) is 16.5. The van der Waals surface area contributed by atoms with Crippen molar-refractivity contribution < 1.29 is 19.1 Å². The molecule has 1 heterocycles. The van der Waals surface area contributed by atoms with Crippen LogP contribution in [0.2, 0.25) is 0 Å². The molecule has 28 heavy (non-hydrogen) atoms. The Morgan fingerprint density at radius 2 is 1.61 bits per heavy atom. The first-order valence-corrected chi connectivity index (χ1v) is 9.31. The molecule has 0 radical (unpaired) electrons. The number of ether oxygens (including phenoxy) is 3. The average molecular weight is 402 g/mol. The molecule has 9 nitrogen and oxygen atoms in total. The molecule has 3 aromatic rings. The number of methoxy groups -OCH3 is 3. The Kier molecular flexibility index (Phi) is 5.69. The topological polar surface area (TPSA) is 102 Å². The zero-order chi connectivity index (χ0) is 20.3. The molecule has 0 aliphatic rings. The number of nitro groups is 1. The lowest BCUT2D eigenvalue weighted by atomic mass is 10.1. The molecular weight excluding hydrogens is 384 g/mol. The summed E-state index contributed by atoms with van der Waals surface area (Å²) < 4.78 is 18.0. The highest BCUT2D eigenvalue weighted by atomic mass is 32.2. The van der Waals surface area contributed by atoms with Crippen LogP contribution in [0.4, 0.5) is 5.69 Å². The predicted octanol–water partition coefficient (Wildman–Crippen LogP) is 3.59. The van der Waals surface area contributed by atoms with Crippen molar-refractivity contribution in [2.45, 2.75) is 5.16 Å². The van der Waals surface area contributed by atoms with Gasteiger partial charge in [0, 0.05) is 17.7 Å². The molecule has 3 rings (SSSR count). The number of thioether (sulfide) groups is 1. The van der Waals surface area contributed by atoms with Crippen LogP contribution in [-0.4, -0.2) is 47.3 Å². The molecular formula is C18H18N4O5S. The van der Waals surface area contributed by atoms with Gasteiger partial charge in [-0.1, -0.05) is 11.8 Å². The standard InChI is InChI=1S/C18H18N4O5S/c1-25-14-9-11(10-15(26-2)16(14)27-3)17-19-20-18(28-4)21(17)12-5-7-13(8-6-12)22(23)24/h5-10H,1-4H3. The summed E-state index contributed by atoms with van der Waals surface area (Å²) in [6.07, 6.45) is 1.88. The van der Waals surface area contributed by atoms with Gasteiger partial charge in [-0.2, -0.15) is 0 Å². The van der Waals surface area contributed by atoms with Gasteiger partial charge in [-0.3, -0.25) is 14.7 Å². The van der Waals surface area contributed by atoms with E-state index >= 15 is 0 Å². The maximum absolute atomic E-state index is 10.9. The van der Waals surface area contributed by atoms with Gasteiger partial charge < -0.3 is 14.2 Å². The summed E-state index contributed by atoms with van der Waals surface area (Å²) in [5.74, 6) is 1.99. The van der Waals surface area contributed by atoms with Crippen molar-refractivity contribution in [3.8, 4) is 34.3 Å². The first-order chi connectivity index (χ1) is 13.5. The second kappa shape index (κ2) is 8.17. The van der Waals surface area contributed by atoms with Gasteiger partial charge in [0.1, 0.15) is 0 Å². The van der Waals surface area contributed by atoms with Crippen LogP contribution in [0.3, 0.4) is 0 Å². The van der Waals surface area contributed by atoms with E-state index in [0.717, 1.165) is 0 Å². The third-order valence-corrected chi connectivity index (χ3v) is 4.69. The lowest BCUT2D eigenvalue weighted by molar-refractivity contribution is -0.384. The van der Waals surface area contributed by atoms with Crippen LogP contribution in [0.1, 0.15) is 0 Å². The van der Waals surface area contributed by atoms with Crippen molar-refractivity contribution in [2.24, 2.45) is 0 Å². The maximum Gasteiger partial charge on any atom is 0.269 e. The Morgan fingerprint density at radius 1 is 1.00 bits per heavy atom. The quantitative estimate of drug-likeness (QED) is 0.336. The van der Waals surface area contributed by atoms with Gasteiger partial charge in [0.05, 0.1) is 31.9 Å². The van der Waals surface area contributed by atoms with E-state index in [1.54, 1.807) is 24.3 Å². The van der Waals surface area contributed by atoms with Crippen LogP contribution in [0, 0.1) is 10.1 Å². The molecule has 0 saturated heterocycles. The molecule has 0 aliphatic carbocycles. The van der Waals surface area contributed by atoms with E-state index < -0.39 is 4.92 Å². The van der Waals surface area contributed by atoms with Gasteiger partial charge in [-0.25, -0.2) is 0 Å². The molecule has 146 valence electrons. The fourth-order valence-electron chi connectivity index (χ4n) is 2.76. The second-order valence-electron chi connectivity index (χ2n) is 5.53. The van der Waals surface area contributed by atoms with Crippen molar-refractivity contribution in [2.75, 3.05) is 27.6 Å². The van der Waals surface area contributed by atoms with Crippen LogP contribution in [0.15, 0.2) is 41.6 Å². The van der Waals surface area contributed by atoms with Crippen molar-refractivity contribution in [1.82, 2.24) is 14.8 Å². The van der Waals surface area contributed by atoms with E-state index in [9.17, 15) is 10.1 Å². The lowest BCUT2D eigenvalue weighted by Gasteiger charge is -2.15. The largest absolute Gasteiger partial charge is 0.493 e. The predicted molar refractivity (Wildman–Crippen MR) is 105 cm³/mol. The molecule has 0 spiro atoms. The maximum atomic E-state index is 10.9. The van der Waals surface area contributed by atoms with Crippen molar-refractivity contribution in [1.29, 1.82) is 0 Å². The fourth-order valence-corrected chi connectivity index (χ4v) is 3.25. The molecule has 0 unspecified atom stereocenters. The molecule has 0 saturated carbocycles. The summed E-state index contributed by atoms with van der Waals surface area (Å²) in [6.45, 7) is 0. The first kappa shape index (κ1) is 19.5. The van der Waals surface area contributed by atoms with Crippen molar-refractivity contribution in [3.63, 3.8) is 0 Å². The molecule has 0 fully saturated rings.